The molecule has 8 heteroatoms. The molecule has 0 bridgehead atoms. The molecule has 0 spiro atoms. The average Bonchev–Trinajstić information content (AvgIpc) is 3.11. The number of amides is 1. The number of likely N-dealkylation sites (N-methyl/N-ethyl adjacent to an activating group) is 1. The second-order valence-electron chi connectivity index (χ2n) is 7.50. The molecule has 1 amide bonds. The monoisotopic (exact) mass is 411 g/mol. The molecule has 0 radical (unpaired) electrons. The molecule has 2 aromatic carbocycles. The van der Waals surface area contributed by atoms with Crippen LogP contribution in [-0.2, 0) is 4.79 Å². The summed E-state index contributed by atoms with van der Waals surface area (Å²) in [6, 6.07) is 8.98. The first kappa shape index (κ1) is 20.2. The van der Waals surface area contributed by atoms with Gasteiger partial charge in [0.15, 0.2) is 0 Å². The maximum absolute atomic E-state index is 14.5. The highest BCUT2D eigenvalue weighted by Gasteiger charge is 2.18. The van der Waals surface area contributed by atoms with Crippen molar-refractivity contribution < 1.29 is 13.6 Å². The summed E-state index contributed by atoms with van der Waals surface area (Å²) >= 11 is 0. The Morgan fingerprint density at radius 1 is 1.13 bits per heavy atom. The fourth-order valence-corrected chi connectivity index (χ4v) is 3.43. The van der Waals surface area contributed by atoms with E-state index in [4.69, 9.17) is 0 Å². The molecule has 2 N–H and O–H groups in total. The molecule has 0 saturated carbocycles. The zero-order valence-corrected chi connectivity index (χ0v) is 16.7. The van der Waals surface area contributed by atoms with Crippen LogP contribution in [0, 0.1) is 11.6 Å². The summed E-state index contributed by atoms with van der Waals surface area (Å²) in [5.41, 5.74) is 2.07. The Labute approximate surface area is 173 Å². The highest BCUT2D eigenvalue weighted by molar-refractivity contribution is 5.97. The van der Waals surface area contributed by atoms with Crippen LogP contribution in [0.5, 0.6) is 0 Å². The Hall–Kier alpha value is -3.10. The number of hydrogen-bond donors (Lipinski definition) is 2. The maximum Gasteiger partial charge on any atom is 0.238 e. The van der Waals surface area contributed by atoms with Gasteiger partial charge in [0.25, 0.3) is 0 Å². The molecule has 30 heavy (non-hydrogen) atoms. The first-order valence-corrected chi connectivity index (χ1v) is 9.80. The number of nitrogens with zero attached hydrogens (tertiary/aromatic N) is 3. The van der Waals surface area contributed by atoms with Gasteiger partial charge in [0.1, 0.15) is 11.6 Å². The molecule has 1 aliphatic heterocycles. The molecular weight excluding hydrogens is 388 g/mol. The fourth-order valence-electron chi connectivity index (χ4n) is 3.43. The van der Waals surface area contributed by atoms with Crippen LogP contribution in [0.15, 0.2) is 36.4 Å². The molecule has 1 saturated heterocycles. The third-order valence-electron chi connectivity index (χ3n) is 5.22. The number of aromatic amines is 1. The lowest BCUT2D eigenvalue weighted by Gasteiger charge is -2.31. The van der Waals surface area contributed by atoms with E-state index in [1.807, 2.05) is 0 Å². The van der Waals surface area contributed by atoms with E-state index in [-0.39, 0.29) is 24.0 Å². The highest BCUT2D eigenvalue weighted by atomic mass is 19.1. The SMILES string of the molecule is CN1CCN(CC(=O)Nc2cc3c(/C=C/c4ccc(F)cc4)n[nH]c3cc2F)CC1. The number of rotatable bonds is 5. The lowest BCUT2D eigenvalue weighted by Crippen LogP contribution is -2.47. The first-order chi connectivity index (χ1) is 14.5. The summed E-state index contributed by atoms with van der Waals surface area (Å²) in [5, 5.41) is 10.4. The molecule has 0 aliphatic carbocycles. The Bertz CT molecular complexity index is 1070. The Balaban J connectivity index is 1.50. The second-order valence-corrected chi connectivity index (χ2v) is 7.50. The van der Waals surface area contributed by atoms with E-state index in [0.717, 1.165) is 31.7 Å². The van der Waals surface area contributed by atoms with E-state index in [1.54, 1.807) is 30.4 Å². The van der Waals surface area contributed by atoms with E-state index in [2.05, 4.69) is 32.4 Å². The van der Waals surface area contributed by atoms with Gasteiger partial charge in [-0.1, -0.05) is 18.2 Å². The predicted molar refractivity (Wildman–Crippen MR) is 114 cm³/mol. The van der Waals surface area contributed by atoms with Crippen LogP contribution >= 0.6 is 0 Å². The molecule has 2 heterocycles. The molecule has 1 aromatic heterocycles. The van der Waals surface area contributed by atoms with Gasteiger partial charge in [-0.05, 0) is 36.9 Å². The Morgan fingerprint density at radius 2 is 1.87 bits per heavy atom. The zero-order chi connectivity index (χ0) is 21.1. The van der Waals surface area contributed by atoms with Crippen LogP contribution in [0.4, 0.5) is 14.5 Å². The Morgan fingerprint density at radius 3 is 2.60 bits per heavy atom. The van der Waals surface area contributed by atoms with E-state index < -0.39 is 5.82 Å². The minimum Gasteiger partial charge on any atom is -0.322 e. The van der Waals surface area contributed by atoms with Crippen LogP contribution in [0.1, 0.15) is 11.3 Å². The van der Waals surface area contributed by atoms with Crippen molar-refractivity contribution >= 4 is 34.6 Å². The standard InChI is InChI=1S/C22H23F2N5O/c1-28-8-10-29(11-9-28)14-22(30)25-21-12-17-19(26-27-20(17)13-18(21)24)7-4-15-2-5-16(23)6-3-15/h2-7,12-13H,8-11,14H2,1H3,(H,25,30)(H,26,27)/b7-4+. The van der Waals surface area contributed by atoms with Crippen molar-refractivity contribution in [2.24, 2.45) is 0 Å². The maximum atomic E-state index is 14.5. The van der Waals surface area contributed by atoms with Crippen molar-refractivity contribution in [3.05, 3.63) is 59.3 Å². The third kappa shape index (κ3) is 4.72. The van der Waals surface area contributed by atoms with Crippen molar-refractivity contribution in [2.45, 2.75) is 0 Å². The first-order valence-electron chi connectivity index (χ1n) is 9.80. The molecule has 1 aliphatic rings. The number of benzene rings is 2. The number of hydrogen-bond acceptors (Lipinski definition) is 4. The van der Waals surface area contributed by atoms with Gasteiger partial charge in [0, 0.05) is 37.6 Å². The van der Waals surface area contributed by atoms with E-state index in [9.17, 15) is 13.6 Å². The minimum atomic E-state index is -0.521. The molecule has 6 nitrogen and oxygen atoms in total. The summed E-state index contributed by atoms with van der Waals surface area (Å²) < 4.78 is 27.5. The number of H-pyrrole nitrogens is 1. The lowest BCUT2D eigenvalue weighted by molar-refractivity contribution is -0.117. The van der Waals surface area contributed by atoms with Gasteiger partial charge in [-0.15, -0.1) is 0 Å². The summed E-state index contributed by atoms with van der Waals surface area (Å²) in [7, 11) is 2.05. The van der Waals surface area contributed by atoms with Crippen molar-refractivity contribution in [3.8, 4) is 0 Å². The van der Waals surface area contributed by atoms with Gasteiger partial charge in [-0.25, -0.2) is 8.78 Å². The summed E-state index contributed by atoms with van der Waals surface area (Å²) in [4.78, 5) is 16.7. The average molecular weight is 411 g/mol. The van der Waals surface area contributed by atoms with Gasteiger partial charge in [-0.2, -0.15) is 5.10 Å². The van der Waals surface area contributed by atoms with Crippen LogP contribution in [0.25, 0.3) is 23.1 Å². The van der Waals surface area contributed by atoms with Crippen LogP contribution in [-0.4, -0.2) is 65.7 Å². The normalized spacial score (nSPS) is 15.8. The molecule has 1 fully saturated rings. The zero-order valence-electron chi connectivity index (χ0n) is 16.7. The molecule has 3 aromatic rings. The molecule has 156 valence electrons. The van der Waals surface area contributed by atoms with Crippen molar-refractivity contribution in [2.75, 3.05) is 45.1 Å². The van der Waals surface area contributed by atoms with Gasteiger partial charge >= 0.3 is 0 Å². The molecule has 4 rings (SSSR count). The van der Waals surface area contributed by atoms with Crippen molar-refractivity contribution in [1.82, 2.24) is 20.0 Å². The summed E-state index contributed by atoms with van der Waals surface area (Å²) in [6.07, 6.45) is 3.56. The topological polar surface area (TPSA) is 64.3 Å². The van der Waals surface area contributed by atoms with Crippen LogP contribution in [0.3, 0.4) is 0 Å². The van der Waals surface area contributed by atoms with Crippen LogP contribution < -0.4 is 5.32 Å². The number of aromatic nitrogens is 2. The largest absolute Gasteiger partial charge is 0.322 e. The smallest absolute Gasteiger partial charge is 0.238 e. The number of carbonyl (C=O) groups excluding carboxylic acids is 1. The second kappa shape index (κ2) is 8.73. The number of carbonyl (C=O) groups is 1. The quantitative estimate of drug-likeness (QED) is 0.677. The third-order valence-corrected chi connectivity index (χ3v) is 5.22. The van der Waals surface area contributed by atoms with E-state index in [1.165, 1.54) is 18.2 Å². The van der Waals surface area contributed by atoms with Crippen molar-refractivity contribution in [1.29, 1.82) is 0 Å². The number of nitrogens with one attached hydrogen (secondary N) is 2. The van der Waals surface area contributed by atoms with Gasteiger partial charge < -0.3 is 10.2 Å². The number of anilines is 1. The van der Waals surface area contributed by atoms with Gasteiger partial charge in [0.2, 0.25) is 5.91 Å². The fraction of sp³-hybridized carbons (Fsp3) is 0.273. The van der Waals surface area contributed by atoms with Gasteiger partial charge in [0.05, 0.1) is 23.4 Å². The number of halogens is 2. The van der Waals surface area contributed by atoms with Gasteiger partial charge in [-0.3, -0.25) is 14.8 Å². The molecular formula is C22H23F2N5O. The number of fused-ring (bicyclic) bond motifs is 1. The van der Waals surface area contributed by atoms with E-state index >= 15 is 0 Å². The molecule has 0 atom stereocenters. The van der Waals surface area contributed by atoms with E-state index in [0.29, 0.717) is 16.6 Å². The van der Waals surface area contributed by atoms with Crippen molar-refractivity contribution in [3.63, 3.8) is 0 Å². The lowest BCUT2D eigenvalue weighted by atomic mass is 10.1. The molecule has 0 unspecified atom stereocenters. The van der Waals surface area contributed by atoms with Crippen LogP contribution in [0.2, 0.25) is 0 Å². The minimum absolute atomic E-state index is 0.124. The Kier molecular flexibility index (Phi) is 5.87. The number of piperazine rings is 1. The predicted octanol–water partition coefficient (Wildman–Crippen LogP) is 3.20. The highest BCUT2D eigenvalue weighted by Crippen LogP contribution is 2.25. The summed E-state index contributed by atoms with van der Waals surface area (Å²) in [6.45, 7) is 3.67. The summed E-state index contributed by atoms with van der Waals surface area (Å²) in [5.74, 6) is -1.07.